The monoisotopic (exact) mass is 1850 g/mol. The summed E-state index contributed by atoms with van der Waals surface area (Å²) < 4.78 is 58.5. The van der Waals surface area contributed by atoms with Crippen molar-refractivity contribution < 1.29 is 100 Å². The number of aromatic nitrogens is 8. The Morgan fingerprint density at radius 3 is 1.27 bits per heavy atom. The van der Waals surface area contributed by atoms with E-state index in [0.29, 0.717) is 57.6 Å². The number of alkyl carbamates (subject to hydrolysis) is 4. The van der Waals surface area contributed by atoms with E-state index in [1.54, 1.807) is 37.1 Å². The van der Waals surface area contributed by atoms with E-state index in [9.17, 15) is 43.2 Å². The van der Waals surface area contributed by atoms with Crippen molar-refractivity contribution in [1.82, 2.24) is 80.7 Å². The number of aliphatic carboxylic acids is 1. The lowest BCUT2D eigenvalue weighted by Gasteiger charge is -2.32. The number of fused-ring (bicyclic) bond motifs is 12. The highest BCUT2D eigenvalue weighted by Gasteiger charge is 2.47. The molecule has 3 unspecified atom stereocenters. The van der Waals surface area contributed by atoms with Crippen LogP contribution >= 0.6 is 0 Å². The molecule has 0 aliphatic carbocycles. The molecule has 37 nitrogen and oxygen atoms in total. The predicted molar refractivity (Wildman–Crippen MR) is 496 cm³/mol. The summed E-state index contributed by atoms with van der Waals surface area (Å²) in [5.74, 6) is 2.52. The van der Waals surface area contributed by atoms with E-state index >= 15 is 0 Å². The number of carboxylic acids is 1. The van der Waals surface area contributed by atoms with Gasteiger partial charge in [0.05, 0.1) is 124 Å². The van der Waals surface area contributed by atoms with Gasteiger partial charge in [0.25, 0.3) is 0 Å². The molecule has 0 saturated carbocycles. The molecule has 6 aliphatic heterocycles. The molecule has 14 atom stereocenters. The minimum Gasteiger partial charge on any atom is -0.488 e. The van der Waals surface area contributed by atoms with Crippen LogP contribution in [0.5, 0.6) is 11.5 Å². The highest BCUT2D eigenvalue weighted by atomic mass is 16.6. The van der Waals surface area contributed by atoms with Gasteiger partial charge >= 0.3 is 36.4 Å². The number of carboxylic acid groups (broad SMARTS) is 1. The summed E-state index contributed by atoms with van der Waals surface area (Å²) in [5.41, 5.74) is 12.5. The number of rotatable bonds is 24. The van der Waals surface area contributed by atoms with Crippen LogP contribution in [0.2, 0.25) is 0 Å². The van der Waals surface area contributed by atoms with Gasteiger partial charge in [-0.2, -0.15) is 0 Å². The van der Waals surface area contributed by atoms with E-state index in [2.05, 4.69) is 119 Å². The third-order valence-corrected chi connectivity index (χ3v) is 26.1. The molecule has 9 N–H and O–H groups in total. The number of likely N-dealkylation sites (tertiary alicyclic amines) is 4. The quantitative estimate of drug-likeness (QED) is 0.0254. The summed E-state index contributed by atoms with van der Waals surface area (Å²) in [7, 11) is 11.2. The van der Waals surface area contributed by atoms with E-state index in [-0.39, 0.29) is 83.7 Å². The summed E-state index contributed by atoms with van der Waals surface area (Å²) in [6.07, 6.45) is 3.73. The largest absolute Gasteiger partial charge is 0.488 e. The average molecular weight is 1850 g/mol. The van der Waals surface area contributed by atoms with Crippen molar-refractivity contribution in [2.24, 2.45) is 23.7 Å². The van der Waals surface area contributed by atoms with Crippen molar-refractivity contribution in [3.63, 3.8) is 0 Å². The summed E-state index contributed by atoms with van der Waals surface area (Å²) in [6.45, 7) is 23.3. The van der Waals surface area contributed by atoms with Gasteiger partial charge in [0.1, 0.15) is 71.7 Å². The molecule has 37 heteroatoms. The number of ether oxygens (including phenoxy) is 11. The predicted octanol–water partition coefficient (Wildman–Crippen LogP) is 14.3. The molecule has 0 radical (unpaired) electrons. The lowest BCUT2D eigenvalue weighted by atomic mass is 9.92. The molecular weight excluding hydrogens is 1730 g/mol. The number of amides is 8. The highest BCUT2D eigenvalue weighted by molar-refractivity contribution is 6.08. The zero-order chi connectivity index (χ0) is 96.2. The van der Waals surface area contributed by atoms with Gasteiger partial charge in [-0.1, -0.05) is 64.1 Å². The number of nitrogens with zero attached hydrogens (tertiary/aromatic N) is 8. The molecule has 0 spiro atoms. The first-order valence-corrected chi connectivity index (χ1v) is 45.2. The summed E-state index contributed by atoms with van der Waals surface area (Å²) in [5, 5.41) is 22.8. The van der Waals surface area contributed by atoms with Gasteiger partial charge < -0.3 is 113 Å². The molecule has 16 rings (SSSR count). The number of benzene rings is 6. The minimum atomic E-state index is -1.17. The van der Waals surface area contributed by atoms with Gasteiger partial charge in [-0.3, -0.25) is 19.3 Å². The van der Waals surface area contributed by atoms with Gasteiger partial charge in [0.15, 0.2) is 6.04 Å². The Morgan fingerprint density at radius 2 is 0.873 bits per heavy atom. The minimum absolute atomic E-state index is 0.0184. The molecule has 134 heavy (non-hydrogen) atoms. The number of nitrogens with one attached hydrogen (secondary N) is 8. The van der Waals surface area contributed by atoms with Crippen LogP contribution in [0, 0.1) is 23.7 Å². The lowest BCUT2D eigenvalue weighted by Crippen LogP contribution is -2.54. The summed E-state index contributed by atoms with van der Waals surface area (Å²) >= 11 is 0. The Morgan fingerprint density at radius 1 is 0.470 bits per heavy atom. The summed E-state index contributed by atoms with van der Waals surface area (Å²) in [4.78, 5) is 154. The Balaban J connectivity index is 0.000000190. The molecule has 10 heterocycles. The van der Waals surface area contributed by atoms with Crippen LogP contribution in [-0.2, 0) is 75.0 Å². The van der Waals surface area contributed by atoms with Crippen LogP contribution < -0.4 is 30.7 Å². The molecule has 4 fully saturated rings. The van der Waals surface area contributed by atoms with E-state index < -0.39 is 72.3 Å². The van der Waals surface area contributed by atoms with Crippen LogP contribution in [0.15, 0.2) is 97.3 Å². The second kappa shape index (κ2) is 41.2. The van der Waals surface area contributed by atoms with Gasteiger partial charge in [-0.25, -0.2) is 48.7 Å². The SMILES string of the molecule is COC(=O)N[C@H](C(=O)O)[C@@H](C)OC.COC[C@H]1CC(c2ncc(-c3ccc4c(c3)COc3cc5c(ccc6[nH]c([C@@H]7CC[C@H](C)N7C(=O)[C@@H](NC(=O)OC)C(C)C)nc65)cc3-4)[nH]2)N(C(=O)OC(C)(C)C)C1.COC[C@H]1CC(c2ncc(-c3ccc4c(c3)COc3cc5c(ccc6[nH]c([C@@H]7CC[C@H](C)N7C(=O)[C@@H](NC(=O)OC)C(C)C)nc65)cc3-4)[nH]2)N(C(=O)[C@@H](NC(=O)OC)C(C)OC)C1. The number of methoxy groups -OCH3 is 8. The topological polar surface area (TPSA) is 451 Å². The van der Waals surface area contributed by atoms with Crippen molar-refractivity contribution in [2.75, 3.05) is 83.2 Å². The van der Waals surface area contributed by atoms with Gasteiger partial charge in [-0.05, 0) is 192 Å². The molecule has 4 aromatic heterocycles. The zero-order valence-corrected chi connectivity index (χ0v) is 79.2. The number of aromatic amines is 4. The van der Waals surface area contributed by atoms with Gasteiger partial charge in [-0.15, -0.1) is 0 Å². The molecule has 6 aliphatic rings. The van der Waals surface area contributed by atoms with Crippen LogP contribution in [0.25, 0.3) is 88.4 Å². The van der Waals surface area contributed by atoms with Crippen molar-refractivity contribution in [3.8, 4) is 56.3 Å². The fraction of sp³-hybridized carbons (Fsp3) is 0.495. The highest BCUT2D eigenvalue weighted by Crippen LogP contribution is 2.48. The third-order valence-electron chi connectivity index (χ3n) is 26.1. The van der Waals surface area contributed by atoms with E-state index in [0.717, 1.165) is 162 Å². The van der Waals surface area contributed by atoms with E-state index in [4.69, 9.17) is 72.4 Å². The Hall–Kier alpha value is -13.1. The van der Waals surface area contributed by atoms with E-state index in [1.807, 2.05) is 90.4 Å². The Bertz CT molecular complexity index is 6020. The second-order valence-electron chi connectivity index (χ2n) is 36.8. The maximum absolute atomic E-state index is 14.0. The first kappa shape index (κ1) is 96.9. The first-order valence-electron chi connectivity index (χ1n) is 45.2. The van der Waals surface area contributed by atoms with Crippen molar-refractivity contribution in [1.29, 1.82) is 0 Å². The molecule has 6 aromatic carbocycles. The molecule has 8 amide bonds. The Labute approximate surface area is 776 Å². The zero-order valence-electron chi connectivity index (χ0n) is 79.2. The number of hydrogen-bond acceptors (Lipinski definition) is 24. The number of imidazole rings is 4. The van der Waals surface area contributed by atoms with Crippen LogP contribution in [-0.4, -0.2) is 256 Å². The normalized spacial score (nSPS) is 20.2. The number of hydrogen-bond donors (Lipinski definition) is 9. The first-order chi connectivity index (χ1) is 64.1. The summed E-state index contributed by atoms with van der Waals surface area (Å²) in [6, 6.07) is 24.5. The van der Waals surface area contributed by atoms with Crippen molar-refractivity contribution in [3.05, 3.63) is 132 Å². The third kappa shape index (κ3) is 20.5. The molecule has 716 valence electrons. The standard InChI is InChI=1S/C46H56N8O9.C44H53N7O7.C7H13NO5/c1-23(2)38(51-45(57)61-7)44(56)54-24(3)9-14-35(54)42-48-33-13-11-27-17-32-30-12-10-28(16-29(30)22-63-37(32)18-31(27)40(33)50-42)34-19-47-41(49-34)36-15-26(21-59-5)20-53(36)43(55)39(25(4)60-6)52-46(58)62-8;1-23(2)37(49-42(53)56-8)41(52)51-24(3)9-14-34(51)40-46-32-13-11-26-17-31-29-12-10-27(16-28(29)22-57-36(31)18-30(26)38(32)48-40)33-19-45-39(47-33)35-15-25(21-55-7)20-50(35)43(54)58-44(4,5)6;1-4(12-2)5(6(9)10)8-7(11)13-3/h10-13,16-19,23-26,35-36,38-39H,9,14-15,20-22H2,1-8H3,(H,47,49)(H,48,50)(H,51,57)(H,52,58);10-13,16-19,23-25,34-35,37H,9,14-15,20-22H2,1-8H3,(H,45,47)(H,46,48)(H,49,53);4-5H,1-3H3,(H,8,11)(H,9,10)/t24-,25?,26-,35-,36?,38-,39-;24-,25-,34-,35?,37-;4-,5+/m001/s1. The second-order valence-corrected chi connectivity index (χ2v) is 36.8. The fourth-order valence-electron chi connectivity index (χ4n) is 19.0. The molecule has 10 aromatic rings. The maximum Gasteiger partial charge on any atom is 0.410 e. The van der Waals surface area contributed by atoms with Crippen LogP contribution in [0.4, 0.5) is 24.0 Å². The van der Waals surface area contributed by atoms with Crippen LogP contribution in [0.3, 0.4) is 0 Å². The van der Waals surface area contributed by atoms with Crippen molar-refractivity contribution in [2.45, 2.75) is 206 Å². The van der Waals surface area contributed by atoms with Crippen LogP contribution in [0.1, 0.15) is 173 Å². The van der Waals surface area contributed by atoms with Crippen molar-refractivity contribution >= 4 is 97.8 Å². The number of carbonyl (C=O) groups is 9. The van der Waals surface area contributed by atoms with E-state index in [1.165, 1.54) is 42.5 Å². The average Bonchev–Trinajstić information content (AvgIpc) is 1.43. The number of carbonyl (C=O) groups excluding carboxylic acids is 8. The molecule has 0 bridgehead atoms. The molecule has 4 saturated heterocycles. The van der Waals surface area contributed by atoms with Gasteiger partial charge in [0, 0.05) is 87.3 Å². The lowest BCUT2D eigenvalue weighted by molar-refractivity contribution is -0.143. The maximum atomic E-state index is 14.0. The fourth-order valence-corrected chi connectivity index (χ4v) is 19.0. The number of H-pyrrole nitrogens is 4. The molecular formula is C97H122N16O21. The Kier molecular flexibility index (Phi) is 29.8. The van der Waals surface area contributed by atoms with Gasteiger partial charge in [0.2, 0.25) is 17.7 Å². The smallest absolute Gasteiger partial charge is 0.410 e.